The Bertz CT molecular complexity index is 519. The molecule has 2 rings (SSSR count). The Hall–Kier alpha value is -1.39. The van der Waals surface area contributed by atoms with Crippen LogP contribution in [-0.2, 0) is 5.41 Å². The minimum atomic E-state index is 0.00451. The van der Waals surface area contributed by atoms with Crippen molar-refractivity contribution in [1.82, 2.24) is 10.2 Å². The van der Waals surface area contributed by atoms with E-state index < -0.39 is 0 Å². The summed E-state index contributed by atoms with van der Waals surface area (Å²) in [4.78, 5) is 14.5. The first-order valence-corrected chi connectivity index (χ1v) is 9.15. The van der Waals surface area contributed by atoms with Crippen molar-refractivity contribution < 1.29 is 9.90 Å². The Kier molecular flexibility index (Phi) is 6.81. The first-order chi connectivity index (χ1) is 11.4. The van der Waals surface area contributed by atoms with Gasteiger partial charge in [-0.2, -0.15) is 0 Å². The zero-order valence-electron chi connectivity index (χ0n) is 15.3. The van der Waals surface area contributed by atoms with Crippen molar-refractivity contribution in [2.24, 2.45) is 0 Å². The summed E-state index contributed by atoms with van der Waals surface area (Å²) < 4.78 is 0. The highest BCUT2D eigenvalue weighted by Crippen LogP contribution is 2.22. The number of aliphatic hydroxyl groups is 1. The molecule has 0 spiro atoms. The van der Waals surface area contributed by atoms with Gasteiger partial charge in [0.15, 0.2) is 0 Å². The minimum Gasteiger partial charge on any atom is -0.395 e. The predicted molar refractivity (Wildman–Crippen MR) is 98.4 cm³/mol. The summed E-state index contributed by atoms with van der Waals surface area (Å²) in [5, 5.41) is 12.3. The van der Waals surface area contributed by atoms with Crippen molar-refractivity contribution >= 4 is 5.91 Å². The lowest BCUT2D eigenvalue weighted by Gasteiger charge is -2.22. The molecule has 1 heterocycles. The Labute approximate surface area is 146 Å². The number of nitrogens with one attached hydrogen (secondary N) is 1. The number of carbonyl (C=O) groups excluding carboxylic acids is 1. The van der Waals surface area contributed by atoms with Gasteiger partial charge in [0.25, 0.3) is 5.91 Å². The second-order valence-electron chi connectivity index (χ2n) is 7.80. The van der Waals surface area contributed by atoms with E-state index in [1.165, 1.54) is 12.0 Å². The molecule has 2 N–H and O–H groups in total. The van der Waals surface area contributed by atoms with Gasteiger partial charge in [-0.15, -0.1) is 0 Å². The number of unbranched alkanes of at least 4 members (excludes halogenated alkanes) is 1. The summed E-state index contributed by atoms with van der Waals surface area (Å²) in [5.74, 6) is 0.00451. The number of carbonyl (C=O) groups is 1. The van der Waals surface area contributed by atoms with Gasteiger partial charge in [-0.3, -0.25) is 9.69 Å². The van der Waals surface area contributed by atoms with Crippen molar-refractivity contribution in [2.45, 2.75) is 57.9 Å². The van der Waals surface area contributed by atoms with Crippen LogP contribution in [0.15, 0.2) is 24.3 Å². The van der Waals surface area contributed by atoms with Gasteiger partial charge in [-0.1, -0.05) is 32.9 Å². The van der Waals surface area contributed by atoms with Crippen LogP contribution >= 0.6 is 0 Å². The molecule has 1 aliphatic heterocycles. The molecule has 1 saturated heterocycles. The summed E-state index contributed by atoms with van der Waals surface area (Å²) in [6.07, 6.45) is 4.32. The third kappa shape index (κ3) is 5.32. The SMILES string of the molecule is CC(C)(C)c1ccc(C(=O)NCCCCN2CCCC2CO)cc1. The molecule has 1 aromatic rings. The van der Waals surface area contributed by atoms with Crippen LogP contribution < -0.4 is 5.32 Å². The van der Waals surface area contributed by atoms with Crippen LogP contribution in [0.25, 0.3) is 0 Å². The first-order valence-electron chi connectivity index (χ1n) is 9.15. The van der Waals surface area contributed by atoms with Gasteiger partial charge in [0.05, 0.1) is 6.61 Å². The molecule has 0 saturated carbocycles. The van der Waals surface area contributed by atoms with E-state index in [0.717, 1.165) is 37.9 Å². The number of aliphatic hydroxyl groups excluding tert-OH is 1. The number of benzene rings is 1. The number of nitrogens with zero attached hydrogens (tertiary/aromatic N) is 1. The molecule has 24 heavy (non-hydrogen) atoms. The predicted octanol–water partition coefficient (Wildman–Crippen LogP) is 2.95. The standard InChI is InChI=1S/C20H32N2O2/c1-20(2,3)17-10-8-16(9-11-17)19(24)21-12-4-5-13-22-14-6-7-18(22)15-23/h8-11,18,23H,4-7,12-15H2,1-3H3,(H,21,24). The summed E-state index contributed by atoms with van der Waals surface area (Å²) in [6, 6.07) is 8.24. The van der Waals surface area contributed by atoms with E-state index in [-0.39, 0.29) is 17.9 Å². The molecule has 1 aliphatic rings. The summed E-state index contributed by atoms with van der Waals surface area (Å²) in [7, 11) is 0. The fourth-order valence-corrected chi connectivity index (χ4v) is 3.26. The van der Waals surface area contributed by atoms with Crippen molar-refractivity contribution in [3.8, 4) is 0 Å². The molecule has 0 radical (unpaired) electrons. The van der Waals surface area contributed by atoms with E-state index in [9.17, 15) is 9.90 Å². The van der Waals surface area contributed by atoms with Gasteiger partial charge in [-0.25, -0.2) is 0 Å². The second kappa shape index (κ2) is 8.63. The molecule has 1 fully saturated rings. The number of rotatable bonds is 7. The highest BCUT2D eigenvalue weighted by molar-refractivity contribution is 5.94. The molecule has 134 valence electrons. The number of amides is 1. The Morgan fingerprint density at radius 1 is 1.25 bits per heavy atom. The van der Waals surface area contributed by atoms with Crippen LogP contribution in [0, 0.1) is 0 Å². The molecule has 1 atom stereocenters. The maximum Gasteiger partial charge on any atom is 0.251 e. The van der Waals surface area contributed by atoms with Gasteiger partial charge in [0, 0.05) is 18.2 Å². The van der Waals surface area contributed by atoms with E-state index in [1.54, 1.807) is 0 Å². The minimum absolute atomic E-state index is 0.00451. The zero-order chi connectivity index (χ0) is 17.6. The molecule has 4 nitrogen and oxygen atoms in total. The van der Waals surface area contributed by atoms with Crippen LogP contribution in [-0.4, -0.2) is 48.2 Å². The highest BCUT2D eigenvalue weighted by atomic mass is 16.3. The lowest BCUT2D eigenvalue weighted by molar-refractivity contribution is 0.0952. The molecule has 0 bridgehead atoms. The summed E-state index contributed by atoms with van der Waals surface area (Å²) in [5.41, 5.74) is 2.07. The van der Waals surface area contributed by atoms with Crippen LogP contribution in [0.2, 0.25) is 0 Å². The topological polar surface area (TPSA) is 52.6 Å². The smallest absolute Gasteiger partial charge is 0.251 e. The summed E-state index contributed by atoms with van der Waals surface area (Å²) in [6.45, 7) is 9.59. The molecular formula is C20H32N2O2. The van der Waals surface area contributed by atoms with E-state index in [1.807, 2.05) is 24.3 Å². The maximum atomic E-state index is 12.2. The Morgan fingerprint density at radius 3 is 2.58 bits per heavy atom. The zero-order valence-corrected chi connectivity index (χ0v) is 15.3. The van der Waals surface area contributed by atoms with Crippen LogP contribution in [0.4, 0.5) is 0 Å². The normalized spacial score (nSPS) is 18.8. The van der Waals surface area contributed by atoms with E-state index in [0.29, 0.717) is 12.6 Å². The Morgan fingerprint density at radius 2 is 1.96 bits per heavy atom. The van der Waals surface area contributed by atoms with E-state index in [4.69, 9.17) is 0 Å². The first kappa shape index (κ1) is 18.9. The molecule has 1 aromatic carbocycles. The largest absolute Gasteiger partial charge is 0.395 e. The van der Waals surface area contributed by atoms with E-state index >= 15 is 0 Å². The van der Waals surface area contributed by atoms with Crippen LogP contribution in [0.3, 0.4) is 0 Å². The Balaban J connectivity index is 1.68. The number of hydrogen-bond donors (Lipinski definition) is 2. The van der Waals surface area contributed by atoms with Gasteiger partial charge in [0.1, 0.15) is 0 Å². The molecule has 1 amide bonds. The average Bonchev–Trinajstić information content (AvgIpc) is 3.01. The molecule has 0 aromatic heterocycles. The van der Waals surface area contributed by atoms with Gasteiger partial charge in [-0.05, 0) is 61.9 Å². The van der Waals surface area contributed by atoms with Gasteiger partial charge < -0.3 is 10.4 Å². The second-order valence-corrected chi connectivity index (χ2v) is 7.80. The van der Waals surface area contributed by atoms with Crippen molar-refractivity contribution in [3.05, 3.63) is 35.4 Å². The average molecular weight is 332 g/mol. The fourth-order valence-electron chi connectivity index (χ4n) is 3.26. The molecular weight excluding hydrogens is 300 g/mol. The number of hydrogen-bond acceptors (Lipinski definition) is 3. The van der Waals surface area contributed by atoms with E-state index in [2.05, 4.69) is 31.0 Å². The third-order valence-corrected chi connectivity index (χ3v) is 4.88. The monoisotopic (exact) mass is 332 g/mol. The van der Waals surface area contributed by atoms with Gasteiger partial charge in [0.2, 0.25) is 0 Å². The third-order valence-electron chi connectivity index (χ3n) is 4.88. The summed E-state index contributed by atoms with van der Waals surface area (Å²) >= 11 is 0. The van der Waals surface area contributed by atoms with Crippen molar-refractivity contribution in [2.75, 3.05) is 26.2 Å². The highest BCUT2D eigenvalue weighted by Gasteiger charge is 2.22. The van der Waals surface area contributed by atoms with Crippen LogP contribution in [0.1, 0.15) is 62.4 Å². The fraction of sp³-hybridized carbons (Fsp3) is 0.650. The lowest BCUT2D eigenvalue weighted by Crippen LogP contribution is -2.33. The molecule has 0 aliphatic carbocycles. The maximum absolute atomic E-state index is 12.2. The van der Waals surface area contributed by atoms with Crippen LogP contribution in [0.5, 0.6) is 0 Å². The van der Waals surface area contributed by atoms with Crippen molar-refractivity contribution in [3.63, 3.8) is 0 Å². The molecule has 1 unspecified atom stereocenters. The number of likely N-dealkylation sites (tertiary alicyclic amines) is 1. The molecule has 4 heteroatoms. The quantitative estimate of drug-likeness (QED) is 0.755. The lowest BCUT2D eigenvalue weighted by atomic mass is 9.87. The van der Waals surface area contributed by atoms with Crippen molar-refractivity contribution in [1.29, 1.82) is 0 Å². The van der Waals surface area contributed by atoms with Gasteiger partial charge >= 0.3 is 0 Å².